The van der Waals surface area contributed by atoms with Crippen molar-refractivity contribution < 1.29 is 8.78 Å². The number of rotatable bonds is 1. The van der Waals surface area contributed by atoms with Crippen LogP contribution in [-0.4, -0.2) is 14.5 Å². The van der Waals surface area contributed by atoms with Crippen LogP contribution in [0.5, 0.6) is 0 Å². The van der Waals surface area contributed by atoms with Gasteiger partial charge in [-0.05, 0) is 18.2 Å². The first kappa shape index (κ1) is 11.6. The molecule has 0 saturated carbocycles. The molecular weight excluding hydrogens is 250 g/mol. The Morgan fingerprint density at radius 1 is 1.21 bits per heavy atom. The molecule has 3 aromatic rings. The Bertz CT molecular complexity index is 780. The van der Waals surface area contributed by atoms with Crippen LogP contribution in [0.25, 0.3) is 22.6 Å². The molecule has 0 aliphatic rings. The minimum atomic E-state index is -0.780. The van der Waals surface area contributed by atoms with Crippen molar-refractivity contribution in [1.29, 1.82) is 0 Å². The average molecular weight is 260 g/mol. The monoisotopic (exact) mass is 260 g/mol. The Hall–Kier alpha value is -2.50. The Morgan fingerprint density at radius 3 is 2.74 bits per heavy atom. The number of aryl methyl sites for hydroxylation is 1. The fourth-order valence-corrected chi connectivity index (χ4v) is 2.00. The lowest BCUT2D eigenvalue weighted by Crippen LogP contribution is -1.99. The molecule has 0 saturated heterocycles. The molecule has 0 amide bonds. The molecule has 2 heterocycles. The molecule has 4 nitrogen and oxygen atoms in total. The molecule has 6 heteroatoms. The second-order valence-electron chi connectivity index (χ2n) is 4.19. The predicted octanol–water partition coefficient (Wildman–Crippen LogP) is 2.50. The first-order valence-corrected chi connectivity index (χ1v) is 5.60. The summed E-state index contributed by atoms with van der Waals surface area (Å²) in [6, 6.07) is 5.59. The van der Waals surface area contributed by atoms with Gasteiger partial charge in [0.25, 0.3) is 0 Å². The third-order valence-electron chi connectivity index (χ3n) is 2.98. The molecule has 96 valence electrons. The van der Waals surface area contributed by atoms with E-state index in [1.807, 2.05) is 6.07 Å². The predicted molar refractivity (Wildman–Crippen MR) is 68.3 cm³/mol. The molecule has 2 aromatic heterocycles. The molecule has 0 fully saturated rings. The minimum Gasteiger partial charge on any atom is -0.396 e. The number of nitrogens with zero attached hydrogens (tertiary/aromatic N) is 3. The van der Waals surface area contributed by atoms with Gasteiger partial charge in [-0.15, -0.1) is 0 Å². The van der Waals surface area contributed by atoms with E-state index in [1.54, 1.807) is 23.9 Å². The standard InChI is InChI=1S/C13H10F2N4/c1-19-11-3-2-4-17-12(11)18-13(19)7-5-10(16)9(15)6-8(7)14/h2-6H,16H2,1H3. The second kappa shape index (κ2) is 4.01. The normalized spacial score (nSPS) is 11.1. The third-order valence-corrected chi connectivity index (χ3v) is 2.98. The molecule has 1 aromatic carbocycles. The van der Waals surface area contributed by atoms with E-state index in [-0.39, 0.29) is 11.3 Å². The molecule has 0 atom stereocenters. The lowest BCUT2D eigenvalue weighted by atomic mass is 10.1. The highest BCUT2D eigenvalue weighted by molar-refractivity contribution is 5.77. The molecule has 3 rings (SSSR count). The van der Waals surface area contributed by atoms with Gasteiger partial charge in [0.1, 0.15) is 17.5 Å². The quantitative estimate of drug-likeness (QED) is 0.684. The van der Waals surface area contributed by atoms with Crippen molar-refractivity contribution in [2.24, 2.45) is 7.05 Å². The van der Waals surface area contributed by atoms with Gasteiger partial charge in [-0.2, -0.15) is 0 Å². The van der Waals surface area contributed by atoms with Gasteiger partial charge in [0.15, 0.2) is 5.65 Å². The zero-order valence-electron chi connectivity index (χ0n) is 10.1. The molecule has 0 unspecified atom stereocenters. The number of hydrogen-bond acceptors (Lipinski definition) is 3. The Kier molecular flexibility index (Phi) is 2.45. The summed E-state index contributed by atoms with van der Waals surface area (Å²) in [5.74, 6) is -1.12. The molecule has 0 spiro atoms. The van der Waals surface area contributed by atoms with Crippen LogP contribution in [-0.2, 0) is 7.05 Å². The van der Waals surface area contributed by atoms with Crippen molar-refractivity contribution in [2.75, 3.05) is 5.73 Å². The number of pyridine rings is 1. The number of anilines is 1. The zero-order valence-corrected chi connectivity index (χ0v) is 10.1. The van der Waals surface area contributed by atoms with E-state index >= 15 is 0 Å². The first-order chi connectivity index (χ1) is 9.08. The Balaban J connectivity index is 2.30. The first-order valence-electron chi connectivity index (χ1n) is 5.60. The van der Waals surface area contributed by atoms with E-state index in [9.17, 15) is 8.78 Å². The molecule has 0 aliphatic heterocycles. The Morgan fingerprint density at radius 2 is 2.00 bits per heavy atom. The number of imidazole rings is 1. The van der Waals surface area contributed by atoms with E-state index in [0.29, 0.717) is 11.5 Å². The van der Waals surface area contributed by atoms with Crippen LogP contribution in [0.15, 0.2) is 30.5 Å². The van der Waals surface area contributed by atoms with E-state index in [0.717, 1.165) is 11.6 Å². The summed E-state index contributed by atoms with van der Waals surface area (Å²) in [4.78, 5) is 8.35. The van der Waals surface area contributed by atoms with Crippen molar-refractivity contribution >= 4 is 16.9 Å². The smallest absolute Gasteiger partial charge is 0.178 e. The van der Waals surface area contributed by atoms with Crippen LogP contribution < -0.4 is 5.73 Å². The number of halogens is 2. The van der Waals surface area contributed by atoms with Gasteiger partial charge in [-0.25, -0.2) is 18.7 Å². The van der Waals surface area contributed by atoms with Crippen molar-refractivity contribution in [2.45, 2.75) is 0 Å². The van der Waals surface area contributed by atoms with Gasteiger partial charge in [-0.1, -0.05) is 0 Å². The van der Waals surface area contributed by atoms with Crippen LogP contribution in [0.3, 0.4) is 0 Å². The van der Waals surface area contributed by atoms with Gasteiger partial charge >= 0.3 is 0 Å². The fraction of sp³-hybridized carbons (Fsp3) is 0.0769. The van der Waals surface area contributed by atoms with E-state index in [1.165, 1.54) is 6.07 Å². The highest BCUT2D eigenvalue weighted by atomic mass is 19.1. The molecule has 0 radical (unpaired) electrons. The maximum absolute atomic E-state index is 13.9. The Labute approximate surface area is 107 Å². The summed E-state index contributed by atoms with van der Waals surface area (Å²) in [6.07, 6.45) is 1.61. The molecule has 2 N–H and O–H groups in total. The molecule has 0 aliphatic carbocycles. The topological polar surface area (TPSA) is 56.7 Å². The SMILES string of the molecule is Cn1c(-c2cc(N)c(F)cc2F)nc2ncccc21. The summed E-state index contributed by atoms with van der Waals surface area (Å²) in [6.45, 7) is 0. The van der Waals surface area contributed by atoms with Gasteiger partial charge in [-0.3, -0.25) is 0 Å². The van der Waals surface area contributed by atoms with Crippen LogP contribution in [0.2, 0.25) is 0 Å². The highest BCUT2D eigenvalue weighted by Crippen LogP contribution is 2.28. The van der Waals surface area contributed by atoms with Gasteiger partial charge < -0.3 is 10.3 Å². The van der Waals surface area contributed by atoms with Crippen molar-refractivity contribution in [3.05, 3.63) is 42.1 Å². The maximum Gasteiger partial charge on any atom is 0.178 e. The third kappa shape index (κ3) is 1.72. The molecule has 0 bridgehead atoms. The van der Waals surface area contributed by atoms with Crippen molar-refractivity contribution in [3.8, 4) is 11.4 Å². The van der Waals surface area contributed by atoms with Gasteiger partial charge in [0, 0.05) is 19.3 Å². The number of nitrogen functional groups attached to an aromatic ring is 1. The van der Waals surface area contributed by atoms with Gasteiger partial charge in [0.2, 0.25) is 0 Å². The number of benzene rings is 1. The van der Waals surface area contributed by atoms with Crippen LogP contribution in [0.4, 0.5) is 14.5 Å². The van der Waals surface area contributed by atoms with Gasteiger partial charge in [0.05, 0.1) is 16.8 Å². The lowest BCUT2D eigenvalue weighted by Gasteiger charge is -2.05. The molecule has 19 heavy (non-hydrogen) atoms. The second-order valence-corrected chi connectivity index (χ2v) is 4.19. The molecular formula is C13H10F2N4. The summed E-state index contributed by atoms with van der Waals surface area (Å²) >= 11 is 0. The number of nitrogens with two attached hydrogens (primary N) is 1. The highest BCUT2D eigenvalue weighted by Gasteiger charge is 2.16. The summed E-state index contributed by atoms with van der Waals surface area (Å²) in [7, 11) is 1.74. The van der Waals surface area contributed by atoms with Crippen LogP contribution in [0, 0.1) is 11.6 Å². The fourth-order valence-electron chi connectivity index (χ4n) is 2.00. The summed E-state index contributed by atoms with van der Waals surface area (Å²) < 4.78 is 28.7. The number of aromatic nitrogens is 3. The maximum atomic E-state index is 13.9. The summed E-state index contributed by atoms with van der Waals surface area (Å²) in [5, 5.41) is 0. The van der Waals surface area contributed by atoms with E-state index in [2.05, 4.69) is 9.97 Å². The van der Waals surface area contributed by atoms with E-state index < -0.39 is 11.6 Å². The number of fused-ring (bicyclic) bond motifs is 1. The van der Waals surface area contributed by atoms with Crippen molar-refractivity contribution in [1.82, 2.24) is 14.5 Å². The van der Waals surface area contributed by atoms with E-state index in [4.69, 9.17) is 5.73 Å². The van der Waals surface area contributed by atoms with Crippen LogP contribution in [0.1, 0.15) is 0 Å². The zero-order chi connectivity index (χ0) is 13.6. The summed E-state index contributed by atoms with van der Waals surface area (Å²) in [5.41, 5.74) is 6.78. The van der Waals surface area contributed by atoms with Crippen molar-refractivity contribution in [3.63, 3.8) is 0 Å². The lowest BCUT2D eigenvalue weighted by molar-refractivity contribution is 0.587. The number of hydrogen-bond donors (Lipinski definition) is 1. The minimum absolute atomic E-state index is 0.114. The average Bonchev–Trinajstić information content (AvgIpc) is 2.72. The largest absolute Gasteiger partial charge is 0.396 e. The van der Waals surface area contributed by atoms with Crippen LogP contribution >= 0.6 is 0 Å².